The lowest BCUT2D eigenvalue weighted by Crippen LogP contribution is -2.57. The molecule has 0 aromatic heterocycles. The molecular formula is C25H31ClN4O3. The Morgan fingerprint density at radius 2 is 1.70 bits per heavy atom. The number of nitro groups is 1. The standard InChI is InChI=1S/C25H31ClN4O3/c26-19-9-7-18(8-10-19)16-25(31)28-24-6-2-1-5-23(24)27-20-4-3-15-29(17-20)21-11-13-22(14-12-21)30(32)33/h7-14,20,23-24,27H,1-6,15-17H2,(H,28,31)/t20?,23-,24-/m1/s1. The zero-order valence-corrected chi connectivity index (χ0v) is 19.5. The molecule has 8 heteroatoms. The first-order valence-corrected chi connectivity index (χ1v) is 12.1. The van der Waals surface area contributed by atoms with E-state index in [9.17, 15) is 14.9 Å². The summed E-state index contributed by atoms with van der Waals surface area (Å²) in [6.45, 7) is 1.81. The number of carbonyl (C=O) groups is 1. The van der Waals surface area contributed by atoms with Crippen molar-refractivity contribution in [3.05, 3.63) is 69.2 Å². The van der Waals surface area contributed by atoms with Crippen LogP contribution in [0.1, 0.15) is 44.1 Å². The van der Waals surface area contributed by atoms with Crippen LogP contribution in [0.5, 0.6) is 0 Å². The van der Waals surface area contributed by atoms with E-state index in [1.165, 1.54) is 6.42 Å². The highest BCUT2D eigenvalue weighted by Crippen LogP contribution is 2.25. The van der Waals surface area contributed by atoms with E-state index >= 15 is 0 Å². The summed E-state index contributed by atoms with van der Waals surface area (Å²) in [4.78, 5) is 25.5. The molecular weight excluding hydrogens is 440 g/mol. The number of amides is 1. The summed E-state index contributed by atoms with van der Waals surface area (Å²) in [6, 6.07) is 14.9. The number of hydrogen-bond donors (Lipinski definition) is 2. The second-order valence-electron chi connectivity index (χ2n) is 9.09. The lowest BCUT2D eigenvalue weighted by Gasteiger charge is -2.40. The Morgan fingerprint density at radius 1 is 1.00 bits per heavy atom. The van der Waals surface area contributed by atoms with Crippen molar-refractivity contribution in [3.63, 3.8) is 0 Å². The number of anilines is 1. The van der Waals surface area contributed by atoms with Crippen molar-refractivity contribution < 1.29 is 9.72 Å². The summed E-state index contributed by atoms with van der Waals surface area (Å²) in [7, 11) is 0. The minimum absolute atomic E-state index is 0.0483. The van der Waals surface area contributed by atoms with E-state index in [2.05, 4.69) is 15.5 Å². The maximum Gasteiger partial charge on any atom is 0.269 e. The van der Waals surface area contributed by atoms with Crippen LogP contribution < -0.4 is 15.5 Å². The van der Waals surface area contributed by atoms with Crippen molar-refractivity contribution >= 4 is 28.9 Å². The van der Waals surface area contributed by atoms with E-state index in [4.69, 9.17) is 11.6 Å². The van der Waals surface area contributed by atoms with Gasteiger partial charge in [0, 0.05) is 54.1 Å². The van der Waals surface area contributed by atoms with Crippen molar-refractivity contribution in [1.29, 1.82) is 0 Å². The van der Waals surface area contributed by atoms with Gasteiger partial charge in [-0.1, -0.05) is 36.6 Å². The number of carbonyl (C=O) groups excluding carboxylic acids is 1. The van der Waals surface area contributed by atoms with Crippen LogP contribution in [0, 0.1) is 10.1 Å². The Bertz CT molecular complexity index is 951. The number of hydrogen-bond acceptors (Lipinski definition) is 5. The van der Waals surface area contributed by atoms with Gasteiger partial charge >= 0.3 is 0 Å². The Morgan fingerprint density at radius 3 is 2.39 bits per heavy atom. The van der Waals surface area contributed by atoms with Crippen LogP contribution in [0.2, 0.25) is 5.02 Å². The maximum atomic E-state index is 12.7. The molecule has 0 spiro atoms. The van der Waals surface area contributed by atoms with Gasteiger partial charge in [-0.15, -0.1) is 0 Å². The molecule has 2 aromatic carbocycles. The van der Waals surface area contributed by atoms with Gasteiger partial charge in [-0.25, -0.2) is 0 Å². The number of benzene rings is 2. The molecule has 4 rings (SSSR count). The number of nitrogens with zero attached hydrogens (tertiary/aromatic N) is 2. The zero-order chi connectivity index (χ0) is 23.2. The van der Waals surface area contributed by atoms with Crippen LogP contribution in [-0.2, 0) is 11.2 Å². The zero-order valence-electron chi connectivity index (χ0n) is 18.7. The molecule has 1 unspecified atom stereocenters. The van der Waals surface area contributed by atoms with Gasteiger partial charge < -0.3 is 15.5 Å². The molecule has 1 amide bonds. The van der Waals surface area contributed by atoms with Gasteiger partial charge in [0.2, 0.25) is 5.91 Å². The SMILES string of the molecule is O=C(Cc1ccc(Cl)cc1)N[C@@H]1CCCC[C@H]1NC1CCCN(c2ccc([N+](=O)[O-])cc2)C1. The van der Waals surface area contributed by atoms with Crippen molar-refractivity contribution in [2.75, 3.05) is 18.0 Å². The van der Waals surface area contributed by atoms with Crippen molar-refractivity contribution in [1.82, 2.24) is 10.6 Å². The van der Waals surface area contributed by atoms with Gasteiger partial charge in [0.15, 0.2) is 0 Å². The van der Waals surface area contributed by atoms with E-state index in [1.54, 1.807) is 12.1 Å². The fourth-order valence-corrected chi connectivity index (χ4v) is 5.11. The minimum Gasteiger partial charge on any atom is -0.370 e. The first kappa shape index (κ1) is 23.5. The largest absolute Gasteiger partial charge is 0.370 e. The molecule has 1 saturated carbocycles. The second-order valence-corrected chi connectivity index (χ2v) is 9.53. The third-order valence-corrected chi connectivity index (χ3v) is 6.94. The summed E-state index contributed by atoms with van der Waals surface area (Å²) >= 11 is 5.95. The molecule has 2 aromatic rings. The van der Waals surface area contributed by atoms with Crippen LogP contribution in [0.4, 0.5) is 11.4 Å². The van der Waals surface area contributed by atoms with Crippen LogP contribution in [0.3, 0.4) is 0 Å². The highest BCUT2D eigenvalue weighted by molar-refractivity contribution is 6.30. The van der Waals surface area contributed by atoms with E-state index in [0.29, 0.717) is 17.5 Å². The third-order valence-electron chi connectivity index (χ3n) is 6.69. The molecule has 2 aliphatic rings. The van der Waals surface area contributed by atoms with Gasteiger partial charge in [-0.3, -0.25) is 14.9 Å². The summed E-state index contributed by atoms with van der Waals surface area (Å²) in [6.07, 6.45) is 6.85. The number of non-ortho nitro benzene ring substituents is 1. The molecule has 0 bridgehead atoms. The van der Waals surface area contributed by atoms with Crippen LogP contribution in [-0.4, -0.2) is 42.0 Å². The number of nitro benzene ring substituents is 1. The fraction of sp³-hybridized carbons (Fsp3) is 0.480. The van der Waals surface area contributed by atoms with Gasteiger partial charge in [0.05, 0.1) is 11.3 Å². The normalized spacial score (nSPS) is 23.2. The third kappa shape index (κ3) is 6.45. The Balaban J connectivity index is 1.33. The van der Waals surface area contributed by atoms with Gasteiger partial charge in [-0.2, -0.15) is 0 Å². The van der Waals surface area contributed by atoms with E-state index in [1.807, 2.05) is 36.4 Å². The Labute approximate surface area is 199 Å². The number of rotatable bonds is 7. The van der Waals surface area contributed by atoms with Gasteiger partial charge in [-0.05, 0) is 55.5 Å². The van der Waals surface area contributed by atoms with Crippen LogP contribution in [0.15, 0.2) is 48.5 Å². The van der Waals surface area contributed by atoms with E-state index in [0.717, 1.165) is 56.4 Å². The molecule has 1 saturated heterocycles. The highest BCUT2D eigenvalue weighted by atomic mass is 35.5. The number of halogens is 1. The minimum atomic E-state index is -0.366. The summed E-state index contributed by atoms with van der Waals surface area (Å²) < 4.78 is 0. The smallest absolute Gasteiger partial charge is 0.269 e. The van der Waals surface area contributed by atoms with E-state index < -0.39 is 0 Å². The Kier molecular flexibility index (Phi) is 7.83. The average Bonchev–Trinajstić information content (AvgIpc) is 2.82. The van der Waals surface area contributed by atoms with Crippen molar-refractivity contribution in [2.24, 2.45) is 0 Å². The first-order valence-electron chi connectivity index (χ1n) is 11.8. The molecule has 2 fully saturated rings. The predicted octanol–water partition coefficient (Wildman–Crippen LogP) is 4.48. The summed E-state index contributed by atoms with van der Waals surface area (Å²) in [5.74, 6) is 0.0483. The number of piperidine rings is 1. The maximum absolute atomic E-state index is 12.7. The molecule has 3 atom stereocenters. The van der Waals surface area contributed by atoms with Crippen molar-refractivity contribution in [3.8, 4) is 0 Å². The monoisotopic (exact) mass is 470 g/mol. The molecule has 176 valence electrons. The predicted molar refractivity (Wildman–Crippen MR) is 131 cm³/mol. The van der Waals surface area contributed by atoms with Crippen LogP contribution in [0.25, 0.3) is 0 Å². The van der Waals surface area contributed by atoms with E-state index in [-0.39, 0.29) is 28.6 Å². The molecule has 1 aliphatic carbocycles. The number of nitrogens with one attached hydrogen (secondary N) is 2. The summed E-state index contributed by atoms with van der Waals surface area (Å²) in [5, 5.41) is 18.7. The molecule has 2 N–H and O–H groups in total. The molecule has 7 nitrogen and oxygen atoms in total. The van der Waals surface area contributed by atoms with Crippen LogP contribution >= 0.6 is 11.6 Å². The quantitative estimate of drug-likeness (QED) is 0.460. The average molecular weight is 471 g/mol. The fourth-order valence-electron chi connectivity index (χ4n) is 4.98. The summed E-state index contributed by atoms with van der Waals surface area (Å²) in [5.41, 5.74) is 2.09. The molecule has 0 radical (unpaired) electrons. The lowest BCUT2D eigenvalue weighted by atomic mass is 9.88. The molecule has 1 aliphatic heterocycles. The Hall–Kier alpha value is -2.64. The first-order chi connectivity index (χ1) is 16.0. The van der Waals surface area contributed by atoms with Gasteiger partial charge in [0.25, 0.3) is 5.69 Å². The molecule has 33 heavy (non-hydrogen) atoms. The van der Waals surface area contributed by atoms with Crippen molar-refractivity contribution in [2.45, 2.75) is 63.1 Å². The highest BCUT2D eigenvalue weighted by Gasteiger charge is 2.30. The van der Waals surface area contributed by atoms with Gasteiger partial charge in [0.1, 0.15) is 0 Å². The molecule has 1 heterocycles. The topological polar surface area (TPSA) is 87.5 Å². The lowest BCUT2D eigenvalue weighted by molar-refractivity contribution is -0.384. The second kappa shape index (κ2) is 11.0.